The number of benzene rings is 1. The van der Waals surface area contributed by atoms with Crippen LogP contribution >= 0.6 is 15.9 Å². The lowest BCUT2D eigenvalue weighted by Crippen LogP contribution is -2.37. The Morgan fingerprint density at radius 1 is 1.03 bits per heavy atom. The number of halogens is 1. The molecule has 31 heavy (non-hydrogen) atoms. The summed E-state index contributed by atoms with van der Waals surface area (Å²) in [5.41, 5.74) is 5.45. The first kappa shape index (κ1) is 20.2. The Bertz CT molecular complexity index is 1270. The summed E-state index contributed by atoms with van der Waals surface area (Å²) in [5.74, 6) is 0. The van der Waals surface area contributed by atoms with Gasteiger partial charge >= 0.3 is 0 Å². The van der Waals surface area contributed by atoms with Crippen molar-refractivity contribution >= 4 is 27.0 Å². The van der Waals surface area contributed by atoms with Crippen LogP contribution in [0, 0.1) is 0 Å². The Balaban J connectivity index is 1.53. The largest absolute Gasteiger partial charge is 0.294 e. The number of nitrogens with zero attached hydrogens (tertiary/aromatic N) is 3. The van der Waals surface area contributed by atoms with Gasteiger partial charge in [0.05, 0.1) is 0 Å². The topological polar surface area (TPSA) is 38.1 Å². The molecule has 1 aliphatic carbocycles. The second kappa shape index (κ2) is 8.77. The first-order chi connectivity index (χ1) is 15.2. The highest BCUT2D eigenvalue weighted by Gasteiger charge is 2.24. The number of aromatic nitrogens is 2. The summed E-state index contributed by atoms with van der Waals surface area (Å²) >= 11 is 3.54. The van der Waals surface area contributed by atoms with E-state index in [2.05, 4.69) is 68.3 Å². The lowest BCUT2D eigenvalue weighted by atomic mass is 9.97. The SMILES string of the molecule is O=c1c2c(c3cccnc3n1CC1=CC=CC(Br)=CC1)CCN(Cc1ccccc1)C2. The maximum absolute atomic E-state index is 13.7. The highest BCUT2D eigenvalue weighted by atomic mass is 79.9. The van der Waals surface area contributed by atoms with Gasteiger partial charge in [0.25, 0.3) is 5.56 Å². The van der Waals surface area contributed by atoms with E-state index in [1.165, 1.54) is 16.7 Å². The van der Waals surface area contributed by atoms with E-state index in [1.807, 2.05) is 28.9 Å². The van der Waals surface area contributed by atoms with E-state index in [0.29, 0.717) is 13.1 Å². The molecule has 0 amide bonds. The molecule has 2 aliphatic rings. The second-order valence-corrected chi connectivity index (χ2v) is 9.06. The lowest BCUT2D eigenvalue weighted by molar-refractivity contribution is 0.244. The Morgan fingerprint density at radius 2 is 1.90 bits per heavy atom. The van der Waals surface area contributed by atoms with Crippen molar-refractivity contribution in [2.75, 3.05) is 6.54 Å². The quantitative estimate of drug-likeness (QED) is 0.527. The molecule has 156 valence electrons. The fraction of sp³-hybridized carbons (Fsp3) is 0.231. The van der Waals surface area contributed by atoms with Crippen molar-refractivity contribution in [3.05, 3.63) is 110 Å². The van der Waals surface area contributed by atoms with Crippen LogP contribution in [0.15, 0.2) is 87.8 Å². The van der Waals surface area contributed by atoms with Crippen LogP contribution in [0.3, 0.4) is 0 Å². The third-order valence-electron chi connectivity index (χ3n) is 6.05. The van der Waals surface area contributed by atoms with Crippen molar-refractivity contribution < 1.29 is 0 Å². The van der Waals surface area contributed by atoms with Crippen molar-refractivity contribution in [3.63, 3.8) is 0 Å². The number of allylic oxidation sites excluding steroid dienone is 6. The fourth-order valence-electron chi connectivity index (χ4n) is 4.50. The summed E-state index contributed by atoms with van der Waals surface area (Å²) in [6.07, 6.45) is 11.8. The molecule has 0 radical (unpaired) electrons. The molecule has 3 aromatic rings. The van der Waals surface area contributed by atoms with E-state index >= 15 is 0 Å². The van der Waals surface area contributed by atoms with Crippen LogP contribution in [0.5, 0.6) is 0 Å². The zero-order chi connectivity index (χ0) is 21.2. The third-order valence-corrected chi connectivity index (χ3v) is 6.64. The van der Waals surface area contributed by atoms with Gasteiger partial charge in [-0.2, -0.15) is 0 Å². The van der Waals surface area contributed by atoms with Crippen molar-refractivity contribution in [3.8, 4) is 0 Å². The molecule has 1 aromatic carbocycles. The van der Waals surface area contributed by atoms with Crippen LogP contribution < -0.4 is 5.56 Å². The molecule has 3 heterocycles. The molecule has 0 saturated carbocycles. The van der Waals surface area contributed by atoms with Gasteiger partial charge in [-0.15, -0.1) is 0 Å². The highest BCUT2D eigenvalue weighted by molar-refractivity contribution is 9.11. The van der Waals surface area contributed by atoms with Gasteiger partial charge in [0, 0.05) is 47.8 Å². The van der Waals surface area contributed by atoms with Crippen LogP contribution in [0.2, 0.25) is 0 Å². The van der Waals surface area contributed by atoms with Gasteiger partial charge in [-0.1, -0.05) is 64.5 Å². The van der Waals surface area contributed by atoms with E-state index < -0.39 is 0 Å². The molecule has 0 atom stereocenters. The van der Waals surface area contributed by atoms with Gasteiger partial charge in [0.15, 0.2) is 0 Å². The van der Waals surface area contributed by atoms with E-state index in [-0.39, 0.29) is 5.56 Å². The van der Waals surface area contributed by atoms with Crippen LogP contribution in [0.1, 0.15) is 23.1 Å². The van der Waals surface area contributed by atoms with Crippen molar-refractivity contribution in [2.45, 2.75) is 32.5 Å². The van der Waals surface area contributed by atoms with Gasteiger partial charge in [-0.05, 0) is 47.8 Å². The molecule has 0 spiro atoms. The average molecular weight is 474 g/mol. The molecule has 0 unspecified atom stereocenters. The van der Waals surface area contributed by atoms with Gasteiger partial charge in [0.1, 0.15) is 5.65 Å². The first-order valence-corrected chi connectivity index (χ1v) is 11.5. The molecule has 0 saturated heterocycles. The molecule has 4 nitrogen and oxygen atoms in total. The minimum absolute atomic E-state index is 0.0936. The van der Waals surface area contributed by atoms with Gasteiger partial charge < -0.3 is 0 Å². The standard InChI is InChI=1S/C26H24BrN3O/c27-21-9-4-8-20(11-12-21)17-30-25-23(10-5-14-28-25)22-13-15-29(18-24(22)26(30)31)16-19-6-2-1-3-7-19/h1-10,12,14H,11,13,15-18H2. The maximum Gasteiger partial charge on any atom is 0.257 e. The molecule has 0 N–H and O–H groups in total. The molecule has 0 bridgehead atoms. The number of hydrogen-bond donors (Lipinski definition) is 0. The van der Waals surface area contributed by atoms with E-state index in [4.69, 9.17) is 0 Å². The summed E-state index contributed by atoms with van der Waals surface area (Å²) in [7, 11) is 0. The van der Waals surface area contributed by atoms with E-state index in [1.54, 1.807) is 6.20 Å². The second-order valence-electron chi connectivity index (χ2n) is 8.15. The lowest BCUT2D eigenvalue weighted by Gasteiger charge is -2.30. The van der Waals surface area contributed by atoms with Crippen LogP contribution in [0.4, 0.5) is 0 Å². The highest BCUT2D eigenvalue weighted by Crippen LogP contribution is 2.26. The zero-order valence-electron chi connectivity index (χ0n) is 17.3. The predicted octanol–water partition coefficient (Wildman–Crippen LogP) is 5.12. The monoisotopic (exact) mass is 473 g/mol. The van der Waals surface area contributed by atoms with E-state index in [9.17, 15) is 4.79 Å². The Labute approximate surface area is 190 Å². The number of pyridine rings is 2. The Hall–Kier alpha value is -2.76. The molecule has 0 fully saturated rings. The number of fused-ring (bicyclic) bond motifs is 3. The van der Waals surface area contributed by atoms with Crippen LogP contribution in [-0.4, -0.2) is 21.0 Å². The molecule has 1 aliphatic heterocycles. The Kier molecular flexibility index (Phi) is 5.70. The first-order valence-electron chi connectivity index (χ1n) is 10.7. The van der Waals surface area contributed by atoms with Gasteiger partial charge in [0.2, 0.25) is 0 Å². The summed E-state index contributed by atoms with van der Waals surface area (Å²) in [5, 5.41) is 1.11. The number of hydrogen-bond acceptors (Lipinski definition) is 3. The van der Waals surface area contributed by atoms with Crippen molar-refractivity contribution in [2.24, 2.45) is 0 Å². The van der Waals surface area contributed by atoms with Crippen LogP contribution in [0.25, 0.3) is 11.0 Å². The van der Waals surface area contributed by atoms with Crippen LogP contribution in [-0.2, 0) is 26.1 Å². The average Bonchev–Trinajstić information content (AvgIpc) is 3.01. The Morgan fingerprint density at radius 3 is 2.77 bits per heavy atom. The third kappa shape index (κ3) is 4.21. The summed E-state index contributed by atoms with van der Waals surface area (Å²) < 4.78 is 2.93. The molecular weight excluding hydrogens is 450 g/mol. The fourth-order valence-corrected chi connectivity index (χ4v) is 4.82. The van der Waals surface area contributed by atoms with E-state index in [0.717, 1.165) is 47.0 Å². The normalized spacial score (nSPS) is 16.5. The minimum atomic E-state index is 0.0936. The molecule has 5 rings (SSSR count). The summed E-state index contributed by atoms with van der Waals surface area (Å²) in [6.45, 7) is 3.04. The van der Waals surface area contributed by atoms with Crippen molar-refractivity contribution in [1.82, 2.24) is 14.5 Å². The van der Waals surface area contributed by atoms with Crippen molar-refractivity contribution in [1.29, 1.82) is 0 Å². The minimum Gasteiger partial charge on any atom is -0.294 e. The maximum atomic E-state index is 13.7. The zero-order valence-corrected chi connectivity index (χ0v) is 18.9. The predicted molar refractivity (Wildman–Crippen MR) is 129 cm³/mol. The molecule has 5 heteroatoms. The number of rotatable bonds is 4. The summed E-state index contributed by atoms with van der Waals surface area (Å²) in [4.78, 5) is 20.7. The smallest absolute Gasteiger partial charge is 0.257 e. The molecular formula is C26H24BrN3O. The van der Waals surface area contributed by atoms with Gasteiger partial charge in [-0.3, -0.25) is 14.3 Å². The van der Waals surface area contributed by atoms with Gasteiger partial charge in [-0.25, -0.2) is 4.98 Å². The summed E-state index contributed by atoms with van der Waals surface area (Å²) in [6, 6.07) is 14.6. The molecule has 2 aromatic heterocycles.